The Morgan fingerprint density at radius 2 is 1.97 bits per heavy atom. The maximum atomic E-state index is 12.4. The number of nitrogens with one attached hydrogen (secondary N) is 2. The fourth-order valence-electron chi connectivity index (χ4n) is 3.30. The molecular weight excluding hydrogens is 598 g/mol. The fraction of sp³-hybridized carbons (Fsp3) is 0.120. The summed E-state index contributed by atoms with van der Waals surface area (Å²) in [7, 11) is 0. The van der Waals surface area contributed by atoms with E-state index in [1.54, 1.807) is 36.4 Å². The van der Waals surface area contributed by atoms with Gasteiger partial charge in [-0.25, -0.2) is 0 Å². The number of benzene rings is 3. The maximum absolute atomic E-state index is 12.4. The van der Waals surface area contributed by atoms with Crippen LogP contribution in [0, 0.1) is 10.1 Å². The molecule has 0 radical (unpaired) electrons. The van der Waals surface area contributed by atoms with Gasteiger partial charge >= 0.3 is 0 Å². The third-order valence-electron chi connectivity index (χ3n) is 5.17. The summed E-state index contributed by atoms with van der Waals surface area (Å²) in [5.74, 6) is -0.347. The largest absolute Gasteiger partial charge is 0.488 e. The number of nitrogens with zero attached hydrogens (tertiary/aromatic N) is 3. The minimum Gasteiger partial charge on any atom is -0.488 e. The van der Waals surface area contributed by atoms with Crippen LogP contribution in [0.4, 0.5) is 11.4 Å². The van der Waals surface area contributed by atoms with E-state index in [0.29, 0.717) is 22.0 Å². The number of carbonyl (C=O) groups is 2. The molecule has 0 spiro atoms. The first kappa shape index (κ1) is 27.3. The molecule has 1 saturated heterocycles. The van der Waals surface area contributed by atoms with E-state index in [1.807, 2.05) is 12.1 Å². The zero-order valence-electron chi connectivity index (χ0n) is 19.5. The van der Waals surface area contributed by atoms with Gasteiger partial charge in [-0.1, -0.05) is 57.5 Å². The van der Waals surface area contributed by atoms with Crippen LogP contribution in [0.3, 0.4) is 0 Å². The van der Waals surface area contributed by atoms with Crippen LogP contribution >= 0.6 is 39.3 Å². The average molecular weight is 617 g/mol. The molecule has 38 heavy (non-hydrogen) atoms. The lowest BCUT2D eigenvalue weighted by Crippen LogP contribution is -2.28. The summed E-state index contributed by atoms with van der Waals surface area (Å²) in [6.45, 7) is 0.142. The number of halogens is 2. The highest BCUT2D eigenvalue weighted by Crippen LogP contribution is 2.26. The van der Waals surface area contributed by atoms with Gasteiger partial charge in [-0.15, -0.1) is 5.10 Å². The Labute approximate surface area is 234 Å². The normalized spacial score (nSPS) is 16.0. The molecule has 3 aromatic rings. The topological polar surface area (TPSA) is 135 Å². The van der Waals surface area contributed by atoms with Crippen molar-refractivity contribution >= 4 is 73.9 Å². The Morgan fingerprint density at radius 1 is 1.21 bits per heavy atom. The number of nitro benzene ring substituents is 1. The number of hydrogen-bond donors (Lipinski definition) is 2. The van der Waals surface area contributed by atoms with Gasteiger partial charge in [0.05, 0.1) is 11.1 Å². The molecule has 0 bridgehead atoms. The standard InChI is InChI=1S/C25H19BrClN5O5S/c26-17-5-7-18(8-6-17)29-23(33)12-22-24(34)30-25(38-22)31-28-13-16-11-19(32(35)36)9-10-21(16)37-14-15-3-1-2-4-20(15)27/h1-11,13,22H,12,14H2,(H,29,33)(H,30,31,34)/b28-13-/t22-/m0/s1. The molecular formula is C25H19BrClN5O5S. The SMILES string of the molecule is O=C(C[C@@H]1S/C(=N\N=C/c2cc([N+](=O)[O-])ccc2OCc2ccccc2Cl)NC1=O)Nc1ccc(Br)cc1. The summed E-state index contributed by atoms with van der Waals surface area (Å²) < 4.78 is 6.71. The summed E-state index contributed by atoms with van der Waals surface area (Å²) in [5.41, 5.74) is 1.53. The number of ether oxygens (including phenoxy) is 1. The van der Waals surface area contributed by atoms with Gasteiger partial charge in [-0.3, -0.25) is 19.7 Å². The van der Waals surface area contributed by atoms with Crippen molar-refractivity contribution in [1.82, 2.24) is 5.32 Å². The van der Waals surface area contributed by atoms with Gasteiger partial charge in [0.25, 0.3) is 5.69 Å². The molecule has 0 unspecified atom stereocenters. The molecule has 194 valence electrons. The molecule has 1 atom stereocenters. The quantitative estimate of drug-likeness (QED) is 0.184. The minimum atomic E-state index is -0.674. The Bertz CT molecular complexity index is 1430. The van der Waals surface area contributed by atoms with Gasteiger partial charge in [0.2, 0.25) is 11.8 Å². The van der Waals surface area contributed by atoms with Crippen molar-refractivity contribution in [3.63, 3.8) is 0 Å². The molecule has 2 amide bonds. The lowest BCUT2D eigenvalue weighted by molar-refractivity contribution is -0.384. The molecule has 0 aromatic heterocycles. The van der Waals surface area contributed by atoms with Crippen molar-refractivity contribution in [2.24, 2.45) is 10.2 Å². The molecule has 1 heterocycles. The molecule has 13 heteroatoms. The molecule has 1 fully saturated rings. The number of thioether (sulfide) groups is 1. The Kier molecular flexibility index (Phi) is 9.10. The second-order valence-electron chi connectivity index (χ2n) is 7.86. The predicted molar refractivity (Wildman–Crippen MR) is 151 cm³/mol. The summed E-state index contributed by atoms with van der Waals surface area (Å²) in [5, 5.41) is 24.6. The Balaban J connectivity index is 1.41. The minimum absolute atomic E-state index is 0.0553. The van der Waals surface area contributed by atoms with Crippen LogP contribution in [-0.4, -0.2) is 33.4 Å². The molecule has 1 aliphatic rings. The lowest BCUT2D eigenvalue weighted by atomic mass is 10.2. The zero-order valence-corrected chi connectivity index (χ0v) is 22.6. The number of nitro groups is 1. The van der Waals surface area contributed by atoms with E-state index in [4.69, 9.17) is 16.3 Å². The van der Waals surface area contributed by atoms with Crippen LogP contribution in [0.15, 0.2) is 81.4 Å². The second-order valence-corrected chi connectivity index (χ2v) is 10.4. The Hall–Kier alpha value is -3.74. The lowest BCUT2D eigenvalue weighted by Gasteiger charge is -2.10. The third-order valence-corrected chi connectivity index (χ3v) is 7.14. The molecule has 3 aromatic carbocycles. The van der Waals surface area contributed by atoms with Crippen molar-refractivity contribution in [3.05, 3.63) is 97.5 Å². The van der Waals surface area contributed by atoms with Gasteiger partial charge in [-0.2, -0.15) is 5.10 Å². The first-order valence-corrected chi connectivity index (χ1v) is 13.1. The van der Waals surface area contributed by atoms with Crippen LogP contribution in [0.1, 0.15) is 17.5 Å². The molecule has 10 nitrogen and oxygen atoms in total. The molecule has 2 N–H and O–H groups in total. The third kappa shape index (κ3) is 7.40. The van der Waals surface area contributed by atoms with Crippen molar-refractivity contribution in [2.75, 3.05) is 5.32 Å². The van der Waals surface area contributed by atoms with Crippen LogP contribution in [0.5, 0.6) is 5.75 Å². The van der Waals surface area contributed by atoms with E-state index < -0.39 is 10.2 Å². The number of non-ortho nitro benzene ring substituents is 1. The van der Waals surface area contributed by atoms with Crippen LogP contribution < -0.4 is 15.4 Å². The monoisotopic (exact) mass is 615 g/mol. The number of amides is 2. The van der Waals surface area contributed by atoms with Crippen LogP contribution in [0.2, 0.25) is 5.02 Å². The molecule has 4 rings (SSSR count). The number of amidine groups is 1. The Morgan fingerprint density at radius 3 is 2.71 bits per heavy atom. The maximum Gasteiger partial charge on any atom is 0.270 e. The average Bonchev–Trinajstić information content (AvgIpc) is 3.23. The van der Waals surface area contributed by atoms with Crippen LogP contribution in [-0.2, 0) is 16.2 Å². The summed E-state index contributed by atoms with van der Waals surface area (Å²) in [4.78, 5) is 35.4. The van der Waals surface area contributed by atoms with Gasteiger partial charge < -0.3 is 15.4 Å². The first-order valence-electron chi connectivity index (χ1n) is 11.1. The van der Waals surface area contributed by atoms with E-state index >= 15 is 0 Å². The molecule has 0 saturated carbocycles. The number of hydrogen-bond acceptors (Lipinski definition) is 8. The first-order chi connectivity index (χ1) is 18.3. The van der Waals surface area contributed by atoms with Crippen molar-refractivity contribution < 1.29 is 19.2 Å². The van der Waals surface area contributed by atoms with E-state index in [-0.39, 0.29) is 35.7 Å². The smallest absolute Gasteiger partial charge is 0.270 e. The second kappa shape index (κ2) is 12.7. The van der Waals surface area contributed by atoms with E-state index in [2.05, 4.69) is 36.8 Å². The highest BCUT2D eigenvalue weighted by Gasteiger charge is 2.32. The van der Waals surface area contributed by atoms with Gasteiger partial charge in [0.1, 0.15) is 17.6 Å². The highest BCUT2D eigenvalue weighted by molar-refractivity contribution is 9.10. The van der Waals surface area contributed by atoms with E-state index in [9.17, 15) is 19.7 Å². The number of anilines is 1. The van der Waals surface area contributed by atoms with Gasteiger partial charge in [-0.05, 0) is 36.4 Å². The van der Waals surface area contributed by atoms with E-state index in [1.165, 1.54) is 24.4 Å². The van der Waals surface area contributed by atoms with Gasteiger partial charge in [0, 0.05) is 44.9 Å². The van der Waals surface area contributed by atoms with Crippen LogP contribution in [0.25, 0.3) is 0 Å². The highest BCUT2D eigenvalue weighted by atomic mass is 79.9. The molecule has 0 aliphatic carbocycles. The van der Waals surface area contributed by atoms with Gasteiger partial charge in [0.15, 0.2) is 5.17 Å². The van der Waals surface area contributed by atoms with E-state index in [0.717, 1.165) is 21.8 Å². The summed E-state index contributed by atoms with van der Waals surface area (Å²) in [6.07, 6.45) is 1.24. The van der Waals surface area contributed by atoms with Crippen molar-refractivity contribution in [3.8, 4) is 5.75 Å². The molecule has 1 aliphatic heterocycles. The zero-order chi connectivity index (χ0) is 27.1. The fourth-order valence-corrected chi connectivity index (χ4v) is 4.67. The van der Waals surface area contributed by atoms with Crippen molar-refractivity contribution in [1.29, 1.82) is 0 Å². The van der Waals surface area contributed by atoms with Crippen molar-refractivity contribution in [2.45, 2.75) is 18.3 Å². The predicted octanol–water partition coefficient (Wildman–Crippen LogP) is 5.54. The summed E-state index contributed by atoms with van der Waals surface area (Å²) >= 11 is 10.6. The summed E-state index contributed by atoms with van der Waals surface area (Å²) in [6, 6.07) is 18.3. The number of carbonyl (C=O) groups excluding carboxylic acids is 2. The number of rotatable bonds is 9.